The van der Waals surface area contributed by atoms with E-state index in [1.165, 1.54) is 96.8 Å². The summed E-state index contributed by atoms with van der Waals surface area (Å²) >= 11 is 0. The summed E-state index contributed by atoms with van der Waals surface area (Å²) in [5.74, 6) is -0.497. The third-order valence-corrected chi connectivity index (χ3v) is 8.69. The first-order chi connectivity index (χ1) is 18.8. The number of likely N-dealkylation sites (N-methyl/N-ethyl adjacent to an activating group) is 1. The zero-order valence-electron chi connectivity index (χ0n) is 25.5. The number of hydrogen-bond acceptors (Lipinski definition) is 7. The van der Waals surface area contributed by atoms with Crippen LogP contribution >= 0.6 is 7.82 Å². The molecule has 0 aromatic heterocycles. The van der Waals surface area contributed by atoms with Crippen molar-refractivity contribution in [3.05, 3.63) is 0 Å². The van der Waals surface area contributed by atoms with Crippen molar-refractivity contribution in [2.24, 2.45) is 0 Å². The van der Waals surface area contributed by atoms with Gasteiger partial charge in [0.05, 0.1) is 33.4 Å². The molecule has 0 aliphatic carbocycles. The van der Waals surface area contributed by atoms with Crippen LogP contribution < -0.4 is 4.89 Å². The lowest BCUT2D eigenvalue weighted by molar-refractivity contribution is -0.897. The van der Waals surface area contributed by atoms with Gasteiger partial charge in [-0.15, -0.1) is 0 Å². The Hall–Kier alpha value is -0.500. The van der Waals surface area contributed by atoms with E-state index >= 15 is 0 Å². The van der Waals surface area contributed by atoms with E-state index in [0.29, 0.717) is 13.2 Å². The van der Waals surface area contributed by atoms with Crippen LogP contribution in [0.15, 0.2) is 0 Å². The Balaban J connectivity index is 1.99. The number of hydrogen-bond donors (Lipinski definition) is 0. The Labute approximate surface area is 239 Å². The fourth-order valence-corrected chi connectivity index (χ4v) is 5.95. The summed E-state index contributed by atoms with van der Waals surface area (Å²) in [6.45, 7) is 6.71. The van der Waals surface area contributed by atoms with Gasteiger partial charge in [0.15, 0.2) is 0 Å². The van der Waals surface area contributed by atoms with Crippen molar-refractivity contribution in [1.29, 1.82) is 0 Å². The van der Waals surface area contributed by atoms with Gasteiger partial charge in [0.1, 0.15) is 19.3 Å². The highest BCUT2D eigenvalue weighted by atomic mass is 31.2. The van der Waals surface area contributed by atoms with Crippen molar-refractivity contribution in [1.82, 2.24) is 0 Å². The summed E-state index contributed by atoms with van der Waals surface area (Å²) in [5, 5.41) is 0. The number of likely N-dealkylation sites (tertiary alicyclic amines) is 1. The molecule has 1 heterocycles. The van der Waals surface area contributed by atoms with Crippen molar-refractivity contribution in [3.63, 3.8) is 0 Å². The van der Waals surface area contributed by atoms with Crippen LogP contribution in [0.1, 0.15) is 129 Å². The number of phosphoric acid groups is 1. The van der Waals surface area contributed by atoms with E-state index in [9.17, 15) is 14.3 Å². The number of nitrogens with zero attached hydrogens (tertiary/aromatic N) is 1. The normalized spacial score (nSPS) is 17.2. The molecular weight excluding hydrogens is 517 g/mol. The Morgan fingerprint density at radius 3 is 1.74 bits per heavy atom. The Kier molecular flexibility index (Phi) is 21.6. The summed E-state index contributed by atoms with van der Waals surface area (Å²) in [6, 6.07) is 0. The lowest BCUT2D eigenvalue weighted by atomic mass is 10.0. The van der Waals surface area contributed by atoms with Crippen LogP contribution in [0.4, 0.5) is 0 Å². The van der Waals surface area contributed by atoms with Crippen LogP contribution in [-0.4, -0.2) is 69.7 Å². The molecule has 1 saturated heterocycles. The molecular formula is C30H60NO7P. The first kappa shape index (κ1) is 36.5. The van der Waals surface area contributed by atoms with Crippen molar-refractivity contribution >= 4 is 13.8 Å². The van der Waals surface area contributed by atoms with E-state index in [1.807, 2.05) is 0 Å². The first-order valence-electron chi connectivity index (χ1n) is 15.9. The molecule has 1 unspecified atom stereocenters. The number of carbonyl (C=O) groups excluding carboxylic acids is 1. The standard InChI is InChI=1S/C30H60NO7P/c1-4-5-6-7-8-9-10-11-12-13-14-15-16-17-18-21-25-35-27-30(38-29(2)32)28-37-39(33,34)36-26-24-31(3)22-19-20-23-31/h30H,4-28H2,1-3H3/t30-/m1/s1. The monoisotopic (exact) mass is 577 g/mol. The van der Waals surface area contributed by atoms with Crippen LogP contribution in [0.25, 0.3) is 0 Å². The zero-order valence-corrected chi connectivity index (χ0v) is 26.4. The average Bonchev–Trinajstić information content (AvgIpc) is 3.32. The maximum Gasteiger partial charge on any atom is 0.303 e. The highest BCUT2D eigenvalue weighted by Crippen LogP contribution is 2.38. The molecule has 2 atom stereocenters. The molecule has 232 valence electrons. The van der Waals surface area contributed by atoms with Crippen LogP contribution in [0.5, 0.6) is 0 Å². The molecule has 9 heteroatoms. The van der Waals surface area contributed by atoms with Crippen molar-refractivity contribution in [3.8, 4) is 0 Å². The molecule has 0 saturated carbocycles. The van der Waals surface area contributed by atoms with Gasteiger partial charge >= 0.3 is 5.97 Å². The van der Waals surface area contributed by atoms with Gasteiger partial charge in [-0.25, -0.2) is 0 Å². The first-order valence-corrected chi connectivity index (χ1v) is 17.4. The molecule has 0 amide bonds. The quantitative estimate of drug-likeness (QED) is 0.0452. The van der Waals surface area contributed by atoms with Crippen LogP contribution in [0.2, 0.25) is 0 Å². The largest absolute Gasteiger partial charge is 0.756 e. The van der Waals surface area contributed by atoms with Crippen molar-refractivity contribution in [2.75, 3.05) is 53.1 Å². The van der Waals surface area contributed by atoms with Gasteiger partial charge in [-0.1, -0.05) is 103 Å². The van der Waals surface area contributed by atoms with E-state index < -0.39 is 19.9 Å². The van der Waals surface area contributed by atoms with E-state index in [-0.39, 0.29) is 19.8 Å². The minimum atomic E-state index is -4.46. The number of quaternary nitrogens is 1. The Morgan fingerprint density at radius 2 is 1.26 bits per heavy atom. The minimum absolute atomic E-state index is 0.0886. The SMILES string of the molecule is CCCCCCCCCCCCCCCCCCOC[C@H](COP(=O)([O-])OCC[N+]1(C)CCCC1)OC(C)=O. The molecule has 1 rings (SSSR count). The van der Waals surface area contributed by atoms with E-state index in [4.69, 9.17) is 18.5 Å². The predicted molar refractivity (Wildman–Crippen MR) is 155 cm³/mol. The molecule has 0 bridgehead atoms. The summed E-state index contributed by atoms with van der Waals surface area (Å²) in [6.07, 6.45) is 22.6. The Bertz CT molecular complexity index is 643. The number of ether oxygens (including phenoxy) is 2. The van der Waals surface area contributed by atoms with Gasteiger partial charge < -0.3 is 27.9 Å². The maximum absolute atomic E-state index is 12.1. The van der Waals surface area contributed by atoms with Gasteiger partial charge in [-0.3, -0.25) is 9.36 Å². The molecule has 0 aromatic rings. The highest BCUT2D eigenvalue weighted by molar-refractivity contribution is 7.45. The fourth-order valence-electron chi connectivity index (χ4n) is 5.23. The van der Waals surface area contributed by atoms with Gasteiger partial charge in [-0.2, -0.15) is 0 Å². The number of phosphoric ester groups is 1. The van der Waals surface area contributed by atoms with Gasteiger partial charge in [-0.05, 0) is 6.42 Å². The average molecular weight is 578 g/mol. The molecule has 39 heavy (non-hydrogen) atoms. The molecule has 0 N–H and O–H groups in total. The second-order valence-electron chi connectivity index (χ2n) is 11.7. The highest BCUT2D eigenvalue weighted by Gasteiger charge is 2.27. The van der Waals surface area contributed by atoms with E-state index in [2.05, 4.69) is 14.0 Å². The minimum Gasteiger partial charge on any atom is -0.756 e. The number of rotatable bonds is 27. The lowest BCUT2D eigenvalue weighted by Gasteiger charge is -2.31. The second kappa shape index (κ2) is 23.1. The summed E-state index contributed by atoms with van der Waals surface area (Å²) in [7, 11) is -2.35. The van der Waals surface area contributed by atoms with Crippen molar-refractivity contribution in [2.45, 2.75) is 136 Å². The third-order valence-electron chi connectivity index (χ3n) is 7.72. The third kappa shape index (κ3) is 21.9. The van der Waals surface area contributed by atoms with Crippen LogP contribution in [0, 0.1) is 0 Å². The summed E-state index contributed by atoms with van der Waals surface area (Å²) < 4.78 is 33.8. The summed E-state index contributed by atoms with van der Waals surface area (Å²) in [4.78, 5) is 23.5. The van der Waals surface area contributed by atoms with Gasteiger partial charge in [0.2, 0.25) is 0 Å². The molecule has 0 radical (unpaired) electrons. The number of unbranched alkanes of at least 4 members (excludes halogenated alkanes) is 15. The van der Waals surface area contributed by atoms with Crippen LogP contribution in [0.3, 0.4) is 0 Å². The number of esters is 1. The molecule has 1 aliphatic heterocycles. The Morgan fingerprint density at radius 1 is 0.769 bits per heavy atom. The molecule has 1 fully saturated rings. The summed E-state index contributed by atoms with van der Waals surface area (Å²) in [5.41, 5.74) is 0. The topological polar surface area (TPSA) is 94.1 Å². The zero-order chi connectivity index (χ0) is 28.7. The fraction of sp³-hybridized carbons (Fsp3) is 0.967. The van der Waals surface area contributed by atoms with Gasteiger partial charge in [0.25, 0.3) is 7.82 Å². The molecule has 0 aromatic carbocycles. The van der Waals surface area contributed by atoms with E-state index in [0.717, 1.165) is 43.3 Å². The molecule has 1 aliphatic rings. The molecule has 8 nitrogen and oxygen atoms in total. The van der Waals surface area contributed by atoms with Gasteiger partial charge in [0, 0.05) is 26.4 Å². The molecule has 0 spiro atoms. The van der Waals surface area contributed by atoms with Crippen LogP contribution in [-0.2, 0) is 27.9 Å². The lowest BCUT2D eigenvalue weighted by Crippen LogP contribution is -2.43. The maximum atomic E-state index is 12.1. The number of carbonyl (C=O) groups is 1. The smallest absolute Gasteiger partial charge is 0.303 e. The van der Waals surface area contributed by atoms with Crippen molar-refractivity contribution < 1.29 is 37.3 Å². The second-order valence-corrected chi connectivity index (χ2v) is 13.1. The van der Waals surface area contributed by atoms with E-state index in [1.54, 1.807) is 0 Å². The predicted octanol–water partition coefficient (Wildman–Crippen LogP) is 6.94.